The van der Waals surface area contributed by atoms with E-state index in [4.69, 9.17) is 6.42 Å². The monoisotopic (exact) mass is 229 g/mol. The van der Waals surface area contributed by atoms with Gasteiger partial charge in [0.05, 0.1) is 18.9 Å². The van der Waals surface area contributed by atoms with Crippen LogP contribution in [0.4, 0.5) is 0 Å². The van der Waals surface area contributed by atoms with Gasteiger partial charge in [-0.2, -0.15) is 0 Å². The second kappa shape index (κ2) is 7.18. The van der Waals surface area contributed by atoms with Crippen LogP contribution in [-0.4, -0.2) is 36.0 Å². The van der Waals surface area contributed by atoms with Crippen LogP contribution >= 0.6 is 11.8 Å². The summed E-state index contributed by atoms with van der Waals surface area (Å²) < 4.78 is 4.55. The molecule has 84 valence electrons. The Morgan fingerprint density at radius 1 is 1.47 bits per heavy atom. The standard InChI is InChI=1S/C10H15NO3S/c1-5-6-11-9(12)7(2)15-8(3)10(13)14-4/h1,7-8H,6H2,2-4H3,(H,11,12). The average molecular weight is 229 g/mol. The number of hydrogen-bond acceptors (Lipinski definition) is 4. The van der Waals surface area contributed by atoms with Crippen LogP contribution in [0.2, 0.25) is 0 Å². The molecule has 1 amide bonds. The molecular weight excluding hydrogens is 214 g/mol. The fraction of sp³-hybridized carbons (Fsp3) is 0.600. The summed E-state index contributed by atoms with van der Waals surface area (Å²) in [5.74, 6) is 1.80. The number of thioether (sulfide) groups is 1. The van der Waals surface area contributed by atoms with Gasteiger partial charge in [-0.25, -0.2) is 0 Å². The van der Waals surface area contributed by atoms with Gasteiger partial charge < -0.3 is 10.1 Å². The lowest BCUT2D eigenvalue weighted by atomic mass is 10.4. The summed E-state index contributed by atoms with van der Waals surface area (Å²) in [7, 11) is 1.32. The van der Waals surface area contributed by atoms with Gasteiger partial charge in [-0.05, 0) is 13.8 Å². The minimum Gasteiger partial charge on any atom is -0.468 e. The summed E-state index contributed by atoms with van der Waals surface area (Å²) in [5.41, 5.74) is 0. The van der Waals surface area contributed by atoms with Gasteiger partial charge in [0.15, 0.2) is 0 Å². The normalized spacial score (nSPS) is 13.5. The molecule has 0 aliphatic rings. The Kier molecular flexibility index (Phi) is 6.63. The van der Waals surface area contributed by atoms with Crippen molar-refractivity contribution in [2.75, 3.05) is 13.7 Å². The molecule has 0 heterocycles. The number of terminal acetylenes is 1. The predicted molar refractivity (Wildman–Crippen MR) is 60.4 cm³/mol. The van der Waals surface area contributed by atoms with Crippen molar-refractivity contribution in [3.05, 3.63) is 0 Å². The first-order valence-electron chi connectivity index (χ1n) is 4.47. The molecule has 1 N–H and O–H groups in total. The largest absolute Gasteiger partial charge is 0.468 e. The lowest BCUT2D eigenvalue weighted by molar-refractivity contribution is -0.139. The Balaban J connectivity index is 4.02. The van der Waals surface area contributed by atoms with Crippen molar-refractivity contribution in [2.45, 2.75) is 24.3 Å². The molecule has 0 aromatic carbocycles. The van der Waals surface area contributed by atoms with Crippen LogP contribution in [0.25, 0.3) is 0 Å². The van der Waals surface area contributed by atoms with E-state index in [9.17, 15) is 9.59 Å². The molecule has 2 atom stereocenters. The zero-order valence-electron chi connectivity index (χ0n) is 9.07. The van der Waals surface area contributed by atoms with E-state index in [0.29, 0.717) is 0 Å². The predicted octanol–water partition coefficient (Wildman–Crippen LogP) is 0.419. The van der Waals surface area contributed by atoms with Crippen LogP contribution in [-0.2, 0) is 14.3 Å². The average Bonchev–Trinajstić information content (AvgIpc) is 2.24. The molecule has 2 unspecified atom stereocenters. The molecule has 0 fully saturated rings. The third-order valence-electron chi connectivity index (χ3n) is 1.68. The summed E-state index contributed by atoms with van der Waals surface area (Å²) in [6.07, 6.45) is 5.00. The van der Waals surface area contributed by atoms with Crippen molar-refractivity contribution in [1.82, 2.24) is 5.32 Å². The SMILES string of the molecule is C#CCNC(=O)C(C)SC(C)C(=O)OC. The second-order valence-electron chi connectivity index (χ2n) is 2.87. The van der Waals surface area contributed by atoms with E-state index in [1.807, 2.05) is 0 Å². The third kappa shape index (κ3) is 5.33. The maximum atomic E-state index is 11.4. The Bertz CT molecular complexity index is 272. The van der Waals surface area contributed by atoms with Crippen molar-refractivity contribution < 1.29 is 14.3 Å². The first kappa shape index (κ1) is 13.8. The number of esters is 1. The molecule has 0 spiro atoms. The Morgan fingerprint density at radius 2 is 2.07 bits per heavy atom. The van der Waals surface area contributed by atoms with Crippen molar-refractivity contribution in [3.63, 3.8) is 0 Å². The quantitative estimate of drug-likeness (QED) is 0.548. The van der Waals surface area contributed by atoms with E-state index in [0.717, 1.165) is 0 Å². The first-order chi connectivity index (χ1) is 7.02. The van der Waals surface area contributed by atoms with Gasteiger partial charge in [-0.1, -0.05) is 5.92 Å². The van der Waals surface area contributed by atoms with Crippen LogP contribution in [0.3, 0.4) is 0 Å². The number of carbonyl (C=O) groups is 2. The van der Waals surface area contributed by atoms with Crippen LogP contribution < -0.4 is 5.32 Å². The van der Waals surface area contributed by atoms with E-state index in [1.165, 1.54) is 18.9 Å². The number of ether oxygens (including phenoxy) is 1. The number of nitrogens with one attached hydrogen (secondary N) is 1. The molecule has 0 aromatic heterocycles. The van der Waals surface area contributed by atoms with Gasteiger partial charge in [0.25, 0.3) is 0 Å². The fourth-order valence-electron chi connectivity index (χ4n) is 0.871. The zero-order valence-corrected chi connectivity index (χ0v) is 9.89. The van der Waals surface area contributed by atoms with E-state index < -0.39 is 0 Å². The summed E-state index contributed by atoms with van der Waals surface area (Å²) in [6.45, 7) is 3.62. The molecule has 0 saturated heterocycles. The zero-order chi connectivity index (χ0) is 11.8. The van der Waals surface area contributed by atoms with Crippen molar-refractivity contribution in [1.29, 1.82) is 0 Å². The minimum atomic E-state index is -0.360. The van der Waals surface area contributed by atoms with E-state index in [-0.39, 0.29) is 28.9 Å². The molecule has 0 saturated carbocycles. The van der Waals surface area contributed by atoms with Gasteiger partial charge in [-0.15, -0.1) is 18.2 Å². The third-order valence-corrected chi connectivity index (χ3v) is 2.90. The Hall–Kier alpha value is -1.15. The van der Waals surface area contributed by atoms with Gasteiger partial charge in [0.2, 0.25) is 5.91 Å². The number of hydrogen-bond donors (Lipinski definition) is 1. The van der Waals surface area contributed by atoms with E-state index in [2.05, 4.69) is 16.0 Å². The van der Waals surface area contributed by atoms with Crippen molar-refractivity contribution in [2.24, 2.45) is 0 Å². The number of methoxy groups -OCH3 is 1. The van der Waals surface area contributed by atoms with Gasteiger partial charge in [-0.3, -0.25) is 9.59 Å². The van der Waals surface area contributed by atoms with Crippen molar-refractivity contribution in [3.8, 4) is 12.3 Å². The lowest BCUT2D eigenvalue weighted by Gasteiger charge is -2.14. The fourth-order valence-corrected chi connectivity index (χ4v) is 1.90. The second-order valence-corrected chi connectivity index (χ2v) is 4.55. The van der Waals surface area contributed by atoms with Crippen molar-refractivity contribution >= 4 is 23.6 Å². The molecule has 0 aliphatic carbocycles. The minimum absolute atomic E-state index is 0.172. The highest BCUT2D eigenvalue weighted by Crippen LogP contribution is 2.18. The van der Waals surface area contributed by atoms with E-state index >= 15 is 0 Å². The van der Waals surface area contributed by atoms with Gasteiger partial charge in [0.1, 0.15) is 5.25 Å². The lowest BCUT2D eigenvalue weighted by Crippen LogP contribution is -2.33. The summed E-state index contributed by atoms with van der Waals surface area (Å²) in [4.78, 5) is 22.4. The molecule has 15 heavy (non-hydrogen) atoms. The Labute approximate surface area is 94.1 Å². The molecule has 0 aromatic rings. The number of amides is 1. The highest BCUT2D eigenvalue weighted by atomic mass is 32.2. The van der Waals surface area contributed by atoms with Crippen LogP contribution in [0.15, 0.2) is 0 Å². The molecule has 4 nitrogen and oxygen atoms in total. The molecule has 0 rings (SSSR count). The molecule has 0 radical (unpaired) electrons. The summed E-state index contributed by atoms with van der Waals surface area (Å²) in [5, 5.41) is 1.86. The highest BCUT2D eigenvalue weighted by Gasteiger charge is 2.21. The maximum absolute atomic E-state index is 11.4. The molecule has 0 bridgehead atoms. The summed E-state index contributed by atoms with van der Waals surface area (Å²) in [6, 6.07) is 0. The topological polar surface area (TPSA) is 55.4 Å². The first-order valence-corrected chi connectivity index (χ1v) is 5.41. The summed E-state index contributed by atoms with van der Waals surface area (Å²) >= 11 is 1.24. The molecule has 0 aliphatic heterocycles. The van der Waals surface area contributed by atoms with Crippen LogP contribution in [0.5, 0.6) is 0 Å². The van der Waals surface area contributed by atoms with Crippen LogP contribution in [0.1, 0.15) is 13.8 Å². The highest BCUT2D eigenvalue weighted by molar-refractivity contribution is 8.01. The van der Waals surface area contributed by atoms with Gasteiger partial charge in [0, 0.05) is 0 Å². The smallest absolute Gasteiger partial charge is 0.318 e. The van der Waals surface area contributed by atoms with Gasteiger partial charge >= 0.3 is 5.97 Å². The number of rotatable bonds is 5. The van der Waals surface area contributed by atoms with Crippen LogP contribution in [0, 0.1) is 12.3 Å². The van der Waals surface area contributed by atoms with E-state index in [1.54, 1.807) is 13.8 Å². The Morgan fingerprint density at radius 3 is 2.53 bits per heavy atom. The number of carbonyl (C=O) groups excluding carboxylic acids is 2. The molecular formula is C10H15NO3S. The maximum Gasteiger partial charge on any atom is 0.318 e. The molecule has 5 heteroatoms.